The molecule has 2 aromatic rings. The molecule has 0 bridgehead atoms. The average Bonchev–Trinajstić information content (AvgIpc) is 2.63. The number of amides is 1. The molecule has 1 aromatic heterocycles. The van der Waals surface area contributed by atoms with E-state index in [0.717, 1.165) is 42.9 Å². The first-order chi connectivity index (χ1) is 11.7. The molecule has 2 N–H and O–H groups in total. The van der Waals surface area contributed by atoms with Crippen molar-refractivity contribution in [1.82, 2.24) is 10.3 Å². The largest absolute Gasteiger partial charge is 0.497 e. The lowest BCUT2D eigenvalue weighted by molar-refractivity contribution is 0.0954. The number of anilines is 1. The Morgan fingerprint density at radius 1 is 1.12 bits per heavy atom. The molecule has 0 aliphatic heterocycles. The van der Waals surface area contributed by atoms with Crippen molar-refractivity contribution < 1.29 is 9.53 Å². The van der Waals surface area contributed by atoms with Gasteiger partial charge in [-0.2, -0.15) is 0 Å². The molecule has 0 aliphatic carbocycles. The topological polar surface area (TPSA) is 63.2 Å². The van der Waals surface area contributed by atoms with Crippen LogP contribution in [-0.2, 0) is 6.42 Å². The molecule has 2 rings (SSSR count). The number of nitrogens with one attached hydrogen (secondary N) is 2. The molecular weight excluding hydrogens is 302 g/mol. The summed E-state index contributed by atoms with van der Waals surface area (Å²) in [6.45, 7) is 3.63. The van der Waals surface area contributed by atoms with Gasteiger partial charge in [-0.3, -0.25) is 4.79 Å². The van der Waals surface area contributed by atoms with Crippen molar-refractivity contribution in [2.24, 2.45) is 0 Å². The van der Waals surface area contributed by atoms with Gasteiger partial charge in [-0.25, -0.2) is 4.98 Å². The number of hydrogen-bond donors (Lipinski definition) is 2. The fourth-order valence-corrected chi connectivity index (χ4v) is 2.24. The molecule has 5 nitrogen and oxygen atoms in total. The molecule has 128 valence electrons. The van der Waals surface area contributed by atoms with Crippen molar-refractivity contribution >= 4 is 11.7 Å². The van der Waals surface area contributed by atoms with E-state index in [9.17, 15) is 4.79 Å². The fraction of sp³-hybridized carbons (Fsp3) is 0.368. The monoisotopic (exact) mass is 327 g/mol. The van der Waals surface area contributed by atoms with Gasteiger partial charge in [0.1, 0.15) is 11.6 Å². The van der Waals surface area contributed by atoms with Crippen LogP contribution in [0.2, 0.25) is 0 Å². The van der Waals surface area contributed by atoms with Gasteiger partial charge in [-0.15, -0.1) is 0 Å². The molecule has 0 aliphatic rings. The third kappa shape index (κ3) is 5.57. The molecule has 0 unspecified atom stereocenters. The van der Waals surface area contributed by atoms with Crippen molar-refractivity contribution in [3.8, 4) is 5.75 Å². The van der Waals surface area contributed by atoms with Crippen LogP contribution in [0.3, 0.4) is 0 Å². The van der Waals surface area contributed by atoms with E-state index in [2.05, 4.69) is 22.5 Å². The molecule has 0 saturated carbocycles. The molecular formula is C19H25N3O2. The quantitative estimate of drug-likeness (QED) is 0.694. The molecule has 1 aromatic carbocycles. The summed E-state index contributed by atoms with van der Waals surface area (Å²) in [6.07, 6.45) is 4.63. The van der Waals surface area contributed by atoms with Gasteiger partial charge in [0.05, 0.1) is 12.7 Å². The Morgan fingerprint density at radius 2 is 1.92 bits per heavy atom. The van der Waals surface area contributed by atoms with E-state index in [0.29, 0.717) is 12.1 Å². The van der Waals surface area contributed by atoms with Crippen LogP contribution in [0.15, 0.2) is 42.6 Å². The fourth-order valence-electron chi connectivity index (χ4n) is 2.24. The van der Waals surface area contributed by atoms with Crippen molar-refractivity contribution in [2.45, 2.75) is 26.2 Å². The van der Waals surface area contributed by atoms with E-state index in [4.69, 9.17) is 4.74 Å². The molecule has 0 radical (unpaired) electrons. The zero-order valence-electron chi connectivity index (χ0n) is 14.3. The minimum absolute atomic E-state index is 0.101. The molecule has 1 amide bonds. The number of pyridine rings is 1. The van der Waals surface area contributed by atoms with Gasteiger partial charge in [-0.05, 0) is 42.7 Å². The first kappa shape index (κ1) is 17.8. The molecule has 0 spiro atoms. The molecule has 0 fully saturated rings. The van der Waals surface area contributed by atoms with Gasteiger partial charge in [0.25, 0.3) is 5.91 Å². The number of rotatable bonds is 9. The predicted molar refractivity (Wildman–Crippen MR) is 96.7 cm³/mol. The highest BCUT2D eigenvalue weighted by Gasteiger charge is 2.05. The second-order valence-corrected chi connectivity index (χ2v) is 5.57. The normalized spacial score (nSPS) is 10.2. The zero-order chi connectivity index (χ0) is 17.2. The maximum Gasteiger partial charge on any atom is 0.252 e. The highest BCUT2D eigenvalue weighted by molar-refractivity contribution is 5.94. The Balaban J connectivity index is 1.77. The summed E-state index contributed by atoms with van der Waals surface area (Å²) >= 11 is 0. The maximum atomic E-state index is 12.1. The lowest BCUT2D eigenvalue weighted by atomic mass is 10.1. The number of ether oxygens (including phenoxy) is 1. The molecule has 0 atom stereocenters. The number of unbranched alkanes of at least 4 members (excludes halogenated alkanes) is 1. The third-order valence-corrected chi connectivity index (χ3v) is 3.72. The Hall–Kier alpha value is -2.56. The summed E-state index contributed by atoms with van der Waals surface area (Å²) in [4.78, 5) is 16.4. The summed E-state index contributed by atoms with van der Waals surface area (Å²) in [7, 11) is 1.65. The molecule has 1 heterocycles. The van der Waals surface area contributed by atoms with Crippen molar-refractivity contribution in [3.05, 3.63) is 53.7 Å². The minimum Gasteiger partial charge on any atom is -0.497 e. The van der Waals surface area contributed by atoms with Crippen molar-refractivity contribution in [3.63, 3.8) is 0 Å². The number of carbonyl (C=O) groups is 1. The Kier molecular flexibility index (Phi) is 7.08. The number of benzene rings is 1. The van der Waals surface area contributed by atoms with E-state index in [1.165, 1.54) is 0 Å². The van der Waals surface area contributed by atoms with Crippen molar-refractivity contribution in [2.75, 3.05) is 25.5 Å². The van der Waals surface area contributed by atoms with Crippen LogP contribution in [0, 0.1) is 0 Å². The first-order valence-electron chi connectivity index (χ1n) is 8.34. The van der Waals surface area contributed by atoms with Crippen LogP contribution in [-0.4, -0.2) is 31.1 Å². The van der Waals surface area contributed by atoms with Crippen LogP contribution in [0.1, 0.15) is 35.7 Å². The smallest absolute Gasteiger partial charge is 0.252 e. The van der Waals surface area contributed by atoms with E-state index in [1.807, 2.05) is 30.3 Å². The highest BCUT2D eigenvalue weighted by Crippen LogP contribution is 2.11. The highest BCUT2D eigenvalue weighted by atomic mass is 16.5. The van der Waals surface area contributed by atoms with Gasteiger partial charge in [-0.1, -0.05) is 25.5 Å². The molecule has 24 heavy (non-hydrogen) atoms. The second-order valence-electron chi connectivity index (χ2n) is 5.57. The van der Waals surface area contributed by atoms with Crippen LogP contribution in [0.25, 0.3) is 0 Å². The third-order valence-electron chi connectivity index (χ3n) is 3.72. The summed E-state index contributed by atoms with van der Waals surface area (Å²) in [5.74, 6) is 1.54. The zero-order valence-corrected chi connectivity index (χ0v) is 14.3. The first-order valence-corrected chi connectivity index (χ1v) is 8.34. The average molecular weight is 327 g/mol. The van der Waals surface area contributed by atoms with Crippen LogP contribution < -0.4 is 15.4 Å². The number of aromatic nitrogens is 1. The SMILES string of the molecule is CCCCNc1ccc(C(=O)NCCc2ccc(OC)cc2)cn1. The maximum absolute atomic E-state index is 12.1. The van der Waals surface area contributed by atoms with E-state index >= 15 is 0 Å². The minimum atomic E-state index is -0.101. The van der Waals surface area contributed by atoms with Crippen LogP contribution in [0.5, 0.6) is 5.75 Å². The summed E-state index contributed by atoms with van der Waals surface area (Å²) in [6, 6.07) is 11.5. The Labute approximate surface area is 143 Å². The predicted octanol–water partition coefficient (Wildman–Crippen LogP) is 3.27. The Bertz CT molecular complexity index is 624. The van der Waals surface area contributed by atoms with Crippen LogP contribution in [0.4, 0.5) is 5.82 Å². The van der Waals surface area contributed by atoms with E-state index < -0.39 is 0 Å². The standard InChI is InChI=1S/C19H25N3O2/c1-3-4-12-20-18-10-7-16(14-22-18)19(23)21-13-11-15-5-8-17(24-2)9-6-15/h5-10,14H,3-4,11-13H2,1-2H3,(H,20,22)(H,21,23). The van der Waals surface area contributed by atoms with Gasteiger partial charge in [0.15, 0.2) is 0 Å². The molecule has 5 heteroatoms. The number of carbonyl (C=O) groups excluding carboxylic acids is 1. The van der Waals surface area contributed by atoms with Gasteiger partial charge < -0.3 is 15.4 Å². The van der Waals surface area contributed by atoms with Gasteiger partial charge in [0, 0.05) is 19.3 Å². The Morgan fingerprint density at radius 3 is 2.54 bits per heavy atom. The van der Waals surface area contributed by atoms with Gasteiger partial charge in [0.2, 0.25) is 0 Å². The number of hydrogen-bond acceptors (Lipinski definition) is 4. The lowest BCUT2D eigenvalue weighted by Crippen LogP contribution is -2.25. The summed E-state index contributed by atoms with van der Waals surface area (Å²) < 4.78 is 5.13. The second kappa shape index (κ2) is 9.55. The summed E-state index contributed by atoms with van der Waals surface area (Å²) in [5, 5.41) is 6.15. The van der Waals surface area contributed by atoms with Gasteiger partial charge >= 0.3 is 0 Å². The summed E-state index contributed by atoms with van der Waals surface area (Å²) in [5.41, 5.74) is 1.73. The van der Waals surface area contributed by atoms with Crippen LogP contribution >= 0.6 is 0 Å². The van der Waals surface area contributed by atoms with E-state index in [1.54, 1.807) is 19.4 Å². The number of methoxy groups -OCH3 is 1. The van der Waals surface area contributed by atoms with Crippen molar-refractivity contribution in [1.29, 1.82) is 0 Å². The molecule has 0 saturated heterocycles. The number of nitrogens with zero attached hydrogens (tertiary/aromatic N) is 1. The lowest BCUT2D eigenvalue weighted by Gasteiger charge is -2.08. The van der Waals surface area contributed by atoms with E-state index in [-0.39, 0.29) is 5.91 Å².